The molecule has 0 radical (unpaired) electrons. The Balaban J connectivity index is 0. The van der Waals surface area contributed by atoms with Crippen LogP contribution in [0.1, 0.15) is 13.8 Å². The first-order chi connectivity index (χ1) is 4.52. The van der Waals surface area contributed by atoms with Crippen molar-refractivity contribution >= 4 is 25.2 Å². The maximum absolute atomic E-state index is 10.6. The summed E-state index contributed by atoms with van der Waals surface area (Å²) in [7, 11) is -2.49. The summed E-state index contributed by atoms with van der Waals surface area (Å²) in [6.07, 6.45) is -1.16. The van der Waals surface area contributed by atoms with Crippen molar-refractivity contribution in [1.82, 2.24) is 0 Å². The molecule has 0 aliphatic heterocycles. The molecule has 0 aromatic heterocycles. The van der Waals surface area contributed by atoms with Gasteiger partial charge in [0.25, 0.3) is 0 Å². The smallest absolute Gasteiger partial charge is 0.306 e. The van der Waals surface area contributed by atoms with Crippen LogP contribution in [0, 0.1) is 0 Å². The van der Waals surface area contributed by atoms with E-state index in [1.807, 2.05) is 0 Å². The lowest BCUT2D eigenvalue weighted by Crippen LogP contribution is -2.19. The minimum Gasteiger partial charge on any atom is -0.306 e. The maximum Gasteiger partial charge on any atom is 0.322 e. The lowest BCUT2D eigenvalue weighted by atomic mass is 10.7. The first-order valence-corrected chi connectivity index (χ1v) is 4.13. The summed E-state index contributed by atoms with van der Waals surface area (Å²) in [5.74, 6) is 0. The fraction of sp³-hybridized carbons (Fsp3) is 1.00. The van der Waals surface area contributed by atoms with Crippen LogP contribution in [-0.2, 0) is 13.6 Å². The molecule has 70 valence electrons. The van der Waals surface area contributed by atoms with Gasteiger partial charge in [-0.05, 0) is 13.8 Å². The van der Waals surface area contributed by atoms with E-state index in [0.717, 1.165) is 0 Å². The first kappa shape index (κ1) is 14.1. The molecule has 0 rings (SSSR count). The molecular weight excluding hydrogens is 235 g/mol. The van der Waals surface area contributed by atoms with Gasteiger partial charge in [-0.3, -0.25) is 13.6 Å². The van der Waals surface area contributed by atoms with E-state index in [1.165, 1.54) is 0 Å². The Hall–Kier alpha value is 0.550. The Kier molecular flexibility index (Phi) is 9.24. The highest BCUT2D eigenvalue weighted by Crippen LogP contribution is 2.25. The molecule has 0 amide bonds. The average molecular weight is 249 g/mol. The Morgan fingerprint density at radius 1 is 1.18 bits per heavy atom. The summed E-state index contributed by atoms with van der Waals surface area (Å²) in [4.78, 5) is 0. The zero-order valence-electron chi connectivity index (χ0n) is 6.44. The molecule has 4 N–H and O–H groups in total. The van der Waals surface area contributed by atoms with Gasteiger partial charge in [0.2, 0.25) is 0 Å². The molecule has 7 heteroatoms. The van der Waals surface area contributed by atoms with Gasteiger partial charge in [-0.25, -0.2) is 0 Å². The number of rotatable bonds is 4. The van der Waals surface area contributed by atoms with E-state index in [4.69, 9.17) is 11.5 Å². The number of halogens is 1. The molecule has 0 aromatic rings. The topological polar surface area (TPSA) is 87.6 Å². The van der Waals surface area contributed by atoms with Crippen LogP contribution in [-0.4, -0.2) is 12.5 Å². The number of hydrogen-bond donors (Lipinski definition) is 2. The van der Waals surface area contributed by atoms with Crippen molar-refractivity contribution in [2.45, 2.75) is 26.3 Å². The second-order valence-electron chi connectivity index (χ2n) is 1.90. The van der Waals surface area contributed by atoms with Crippen molar-refractivity contribution in [3.63, 3.8) is 0 Å². The molecule has 2 unspecified atom stereocenters. The molecule has 0 aliphatic rings. The van der Waals surface area contributed by atoms with Gasteiger partial charge in [-0.1, -0.05) is 0 Å². The van der Waals surface area contributed by atoms with Gasteiger partial charge in [-0.2, -0.15) is 0 Å². The van der Waals surface area contributed by atoms with Gasteiger partial charge >= 0.3 is 8.25 Å². The van der Waals surface area contributed by atoms with Crippen LogP contribution < -0.4 is 11.5 Å². The molecule has 2 atom stereocenters. The van der Waals surface area contributed by atoms with Crippen molar-refractivity contribution < 1.29 is 13.6 Å². The monoisotopic (exact) mass is 248 g/mol. The third-order valence-electron chi connectivity index (χ3n) is 0.564. The predicted octanol–water partition coefficient (Wildman–Crippen LogP) is 0.597. The van der Waals surface area contributed by atoms with Crippen molar-refractivity contribution in [2.24, 2.45) is 11.5 Å². The Morgan fingerprint density at radius 2 is 1.45 bits per heavy atom. The van der Waals surface area contributed by atoms with Crippen molar-refractivity contribution in [1.29, 1.82) is 0 Å². The van der Waals surface area contributed by atoms with E-state index in [9.17, 15) is 4.57 Å². The molecule has 0 spiro atoms. The van der Waals surface area contributed by atoms with Crippen LogP contribution in [0.2, 0.25) is 0 Å². The van der Waals surface area contributed by atoms with E-state index < -0.39 is 20.7 Å². The van der Waals surface area contributed by atoms with Gasteiger partial charge in [0, 0.05) is 0 Å². The first-order valence-electron chi connectivity index (χ1n) is 2.91. The van der Waals surface area contributed by atoms with Gasteiger partial charge in [0.05, 0.1) is 0 Å². The van der Waals surface area contributed by atoms with Crippen molar-refractivity contribution in [3.05, 3.63) is 0 Å². The van der Waals surface area contributed by atoms with Crippen molar-refractivity contribution in [3.8, 4) is 0 Å². The number of hydrogen-bond acceptors (Lipinski definition) is 5. The van der Waals surface area contributed by atoms with E-state index >= 15 is 0 Å². The largest absolute Gasteiger partial charge is 0.322 e. The fourth-order valence-electron chi connectivity index (χ4n) is 0.331. The maximum atomic E-state index is 10.6. The molecule has 11 heavy (non-hydrogen) atoms. The third-order valence-corrected chi connectivity index (χ3v) is 1.69. The van der Waals surface area contributed by atoms with Crippen LogP contribution in [0.3, 0.4) is 0 Å². The molecule has 0 bridgehead atoms. The summed E-state index contributed by atoms with van der Waals surface area (Å²) in [6, 6.07) is 0. The van der Waals surface area contributed by atoms with Crippen LogP contribution >= 0.6 is 25.2 Å². The predicted molar refractivity (Wildman–Crippen MR) is 48.8 cm³/mol. The average Bonchev–Trinajstić information content (AvgIpc) is 1.58. The van der Waals surface area contributed by atoms with E-state index in [-0.39, 0.29) is 17.0 Å². The summed E-state index contributed by atoms with van der Waals surface area (Å²) in [5, 5.41) is 0. The van der Waals surface area contributed by atoms with Gasteiger partial charge in [0.15, 0.2) is 0 Å². The summed E-state index contributed by atoms with van der Waals surface area (Å²) in [6.45, 7) is 3.13. The van der Waals surface area contributed by atoms with Crippen molar-refractivity contribution in [2.75, 3.05) is 0 Å². The lowest BCUT2D eigenvalue weighted by Gasteiger charge is -2.09. The molecule has 5 nitrogen and oxygen atoms in total. The minimum absolute atomic E-state index is 0. The van der Waals surface area contributed by atoms with Gasteiger partial charge in [0.1, 0.15) is 12.5 Å². The van der Waals surface area contributed by atoms with Gasteiger partial charge < -0.3 is 11.5 Å². The Morgan fingerprint density at radius 3 is 1.64 bits per heavy atom. The van der Waals surface area contributed by atoms with E-state index in [1.54, 1.807) is 13.8 Å². The zero-order chi connectivity index (χ0) is 8.15. The number of nitrogens with two attached hydrogens (primary N) is 2. The zero-order valence-corrected chi connectivity index (χ0v) is 9.16. The van der Waals surface area contributed by atoms with Crippen LogP contribution in [0.4, 0.5) is 0 Å². The molecular formula is C4H14BrN2O3P. The van der Waals surface area contributed by atoms with Crippen LogP contribution in [0.5, 0.6) is 0 Å². The fourth-order valence-corrected chi connectivity index (χ4v) is 0.994. The Labute approximate surface area is 77.1 Å². The molecule has 0 aromatic carbocycles. The van der Waals surface area contributed by atoms with E-state index in [0.29, 0.717) is 0 Å². The Bertz CT molecular complexity index is 110. The van der Waals surface area contributed by atoms with E-state index in [2.05, 4.69) is 9.05 Å². The highest BCUT2D eigenvalue weighted by Gasteiger charge is 2.04. The molecule has 0 fully saturated rings. The SMILES string of the molecule is Br.CC(N)O[PH](=O)OC(C)N. The molecule has 0 saturated carbocycles. The molecule has 0 saturated heterocycles. The van der Waals surface area contributed by atoms with Gasteiger partial charge in [-0.15, -0.1) is 17.0 Å². The standard InChI is InChI=1S/C4H13N2O3P.BrH/c1-3(5)8-10(7)9-4(2)6;/h3-4,10H,5-6H2,1-2H3;1H. The quantitative estimate of drug-likeness (QED) is 0.562. The van der Waals surface area contributed by atoms with Crippen LogP contribution in [0.15, 0.2) is 0 Å². The summed E-state index contributed by atoms with van der Waals surface area (Å²) >= 11 is 0. The lowest BCUT2D eigenvalue weighted by molar-refractivity contribution is 0.151. The minimum atomic E-state index is -2.49. The molecule has 0 heterocycles. The second kappa shape index (κ2) is 7.21. The second-order valence-corrected chi connectivity index (χ2v) is 2.87. The van der Waals surface area contributed by atoms with Crippen LogP contribution in [0.25, 0.3) is 0 Å². The highest BCUT2D eigenvalue weighted by molar-refractivity contribution is 8.93. The summed E-state index contributed by atoms with van der Waals surface area (Å²) < 4.78 is 19.8. The third kappa shape index (κ3) is 10.6. The molecule has 0 aliphatic carbocycles. The highest BCUT2D eigenvalue weighted by atomic mass is 79.9. The summed E-state index contributed by atoms with van der Waals surface area (Å²) in [5.41, 5.74) is 10.3. The normalized spacial score (nSPS) is 18.2.